The Morgan fingerprint density at radius 2 is 1.57 bits per heavy atom. The summed E-state index contributed by atoms with van der Waals surface area (Å²) in [6.45, 7) is -1.17. The van der Waals surface area contributed by atoms with Crippen LogP contribution in [0.5, 0.6) is 11.5 Å². The SMILES string of the molecule is COc1ccc(C(=O)NC(=O)COC(=O)COc2cc(Cl)c(Cl)cc2Cl)cc1. The molecule has 0 radical (unpaired) electrons. The molecule has 0 heterocycles. The second-order valence-electron chi connectivity index (χ2n) is 5.25. The molecule has 0 spiro atoms. The molecule has 0 aliphatic rings. The summed E-state index contributed by atoms with van der Waals surface area (Å²) in [6.07, 6.45) is 0. The monoisotopic (exact) mass is 445 g/mol. The Bertz CT molecular complexity index is 886. The molecule has 0 atom stereocenters. The highest BCUT2D eigenvalue weighted by atomic mass is 35.5. The maximum Gasteiger partial charge on any atom is 0.344 e. The van der Waals surface area contributed by atoms with Crippen molar-refractivity contribution in [3.8, 4) is 11.5 Å². The number of carbonyl (C=O) groups is 3. The van der Waals surface area contributed by atoms with Crippen molar-refractivity contribution in [3.05, 3.63) is 57.0 Å². The van der Waals surface area contributed by atoms with Crippen molar-refractivity contribution in [1.82, 2.24) is 5.32 Å². The number of esters is 1. The Kier molecular flexibility index (Phi) is 7.92. The van der Waals surface area contributed by atoms with Crippen LogP contribution in [0, 0.1) is 0 Å². The fraction of sp³-hybridized carbons (Fsp3) is 0.167. The van der Waals surface area contributed by atoms with Crippen LogP contribution < -0.4 is 14.8 Å². The van der Waals surface area contributed by atoms with E-state index in [-0.39, 0.29) is 26.4 Å². The maximum absolute atomic E-state index is 11.9. The molecule has 2 amide bonds. The van der Waals surface area contributed by atoms with Gasteiger partial charge < -0.3 is 14.2 Å². The zero-order chi connectivity index (χ0) is 20.7. The number of amides is 2. The van der Waals surface area contributed by atoms with Gasteiger partial charge in [-0.25, -0.2) is 4.79 Å². The quantitative estimate of drug-likeness (QED) is 0.517. The lowest BCUT2D eigenvalue weighted by molar-refractivity contribution is -0.150. The number of ether oxygens (including phenoxy) is 3. The van der Waals surface area contributed by atoms with Gasteiger partial charge in [-0.2, -0.15) is 0 Å². The third-order valence-electron chi connectivity index (χ3n) is 3.29. The number of imide groups is 1. The number of rotatable bonds is 7. The number of methoxy groups -OCH3 is 1. The minimum Gasteiger partial charge on any atom is -0.497 e. The summed E-state index contributed by atoms with van der Waals surface area (Å²) in [6, 6.07) is 8.84. The Labute approximate surface area is 175 Å². The van der Waals surface area contributed by atoms with E-state index in [9.17, 15) is 14.4 Å². The molecule has 0 unspecified atom stereocenters. The molecule has 0 aromatic heterocycles. The highest BCUT2D eigenvalue weighted by molar-refractivity contribution is 6.43. The van der Waals surface area contributed by atoms with E-state index in [1.54, 1.807) is 12.1 Å². The number of benzene rings is 2. The average molecular weight is 447 g/mol. The van der Waals surface area contributed by atoms with E-state index in [1.165, 1.54) is 31.4 Å². The van der Waals surface area contributed by atoms with Gasteiger partial charge in [0.2, 0.25) is 0 Å². The molecule has 0 aliphatic heterocycles. The highest BCUT2D eigenvalue weighted by Crippen LogP contribution is 2.33. The molecule has 0 aliphatic carbocycles. The Balaban J connectivity index is 1.78. The minimum atomic E-state index is -0.839. The molecule has 10 heteroatoms. The van der Waals surface area contributed by atoms with Gasteiger partial charge in [0.15, 0.2) is 13.2 Å². The van der Waals surface area contributed by atoms with Crippen molar-refractivity contribution < 1.29 is 28.6 Å². The lowest BCUT2D eigenvalue weighted by Crippen LogP contribution is -2.34. The fourth-order valence-corrected chi connectivity index (χ4v) is 2.51. The van der Waals surface area contributed by atoms with E-state index in [2.05, 4.69) is 5.32 Å². The van der Waals surface area contributed by atoms with Crippen molar-refractivity contribution in [3.63, 3.8) is 0 Å². The van der Waals surface area contributed by atoms with Crippen LogP contribution in [0.1, 0.15) is 10.4 Å². The predicted molar refractivity (Wildman–Crippen MR) is 103 cm³/mol. The molecule has 0 saturated heterocycles. The van der Waals surface area contributed by atoms with E-state index < -0.39 is 31.0 Å². The van der Waals surface area contributed by atoms with Crippen molar-refractivity contribution in [1.29, 1.82) is 0 Å². The first-order valence-corrected chi connectivity index (χ1v) is 8.84. The molecule has 0 saturated carbocycles. The molecular weight excluding hydrogens is 433 g/mol. The van der Waals surface area contributed by atoms with Crippen LogP contribution in [0.3, 0.4) is 0 Å². The number of carbonyl (C=O) groups excluding carboxylic acids is 3. The molecule has 2 aromatic carbocycles. The van der Waals surface area contributed by atoms with Gasteiger partial charge in [0.1, 0.15) is 11.5 Å². The van der Waals surface area contributed by atoms with Crippen LogP contribution in [0.4, 0.5) is 0 Å². The summed E-state index contributed by atoms with van der Waals surface area (Å²) < 4.78 is 14.9. The van der Waals surface area contributed by atoms with E-state index in [0.29, 0.717) is 5.75 Å². The van der Waals surface area contributed by atoms with Gasteiger partial charge in [0.25, 0.3) is 11.8 Å². The fourth-order valence-electron chi connectivity index (χ4n) is 1.92. The summed E-state index contributed by atoms with van der Waals surface area (Å²) in [7, 11) is 1.49. The number of hydrogen-bond donors (Lipinski definition) is 1. The second kappa shape index (κ2) is 10.2. The van der Waals surface area contributed by atoms with E-state index in [0.717, 1.165) is 0 Å². The molecule has 0 bridgehead atoms. The van der Waals surface area contributed by atoms with Crippen molar-refractivity contribution in [2.24, 2.45) is 0 Å². The second-order valence-corrected chi connectivity index (χ2v) is 6.47. The first kappa shape index (κ1) is 21.8. The van der Waals surface area contributed by atoms with Crippen molar-refractivity contribution in [2.75, 3.05) is 20.3 Å². The Hall–Kier alpha value is -2.48. The Morgan fingerprint density at radius 3 is 2.21 bits per heavy atom. The topological polar surface area (TPSA) is 90.9 Å². The van der Waals surface area contributed by atoms with E-state index >= 15 is 0 Å². The first-order chi connectivity index (χ1) is 13.3. The van der Waals surface area contributed by atoms with Gasteiger partial charge in [0, 0.05) is 11.6 Å². The molecule has 1 N–H and O–H groups in total. The summed E-state index contributed by atoms with van der Waals surface area (Å²) in [5.74, 6) is -1.57. The van der Waals surface area contributed by atoms with Crippen LogP contribution in [0.2, 0.25) is 15.1 Å². The zero-order valence-electron chi connectivity index (χ0n) is 14.5. The summed E-state index contributed by atoms with van der Waals surface area (Å²) >= 11 is 17.6. The largest absolute Gasteiger partial charge is 0.497 e. The molecule has 2 rings (SSSR count). The predicted octanol–water partition coefficient (Wildman–Crippen LogP) is 3.53. The third-order valence-corrected chi connectivity index (χ3v) is 4.31. The van der Waals surface area contributed by atoms with E-state index in [1.807, 2.05) is 0 Å². The van der Waals surface area contributed by atoms with Crippen LogP contribution in [-0.4, -0.2) is 38.1 Å². The minimum absolute atomic E-state index is 0.132. The van der Waals surface area contributed by atoms with Gasteiger partial charge in [-0.3, -0.25) is 14.9 Å². The van der Waals surface area contributed by atoms with Crippen LogP contribution >= 0.6 is 34.8 Å². The average Bonchev–Trinajstić information content (AvgIpc) is 2.68. The number of halogens is 3. The highest BCUT2D eigenvalue weighted by Gasteiger charge is 2.14. The molecular formula is C18H14Cl3NO6. The van der Waals surface area contributed by atoms with Crippen molar-refractivity contribution >= 4 is 52.6 Å². The van der Waals surface area contributed by atoms with Crippen LogP contribution in [0.15, 0.2) is 36.4 Å². The van der Waals surface area contributed by atoms with Gasteiger partial charge in [-0.05, 0) is 30.3 Å². The zero-order valence-corrected chi connectivity index (χ0v) is 16.7. The number of hydrogen-bond acceptors (Lipinski definition) is 6. The van der Waals surface area contributed by atoms with Crippen LogP contribution in [-0.2, 0) is 14.3 Å². The first-order valence-electron chi connectivity index (χ1n) is 7.71. The smallest absolute Gasteiger partial charge is 0.344 e. The lowest BCUT2D eigenvalue weighted by atomic mass is 10.2. The molecule has 2 aromatic rings. The summed E-state index contributed by atoms with van der Waals surface area (Å²) in [5.41, 5.74) is 0.248. The Morgan fingerprint density at radius 1 is 0.929 bits per heavy atom. The van der Waals surface area contributed by atoms with Crippen molar-refractivity contribution in [2.45, 2.75) is 0 Å². The summed E-state index contributed by atoms with van der Waals surface area (Å²) in [4.78, 5) is 35.4. The molecule has 28 heavy (non-hydrogen) atoms. The van der Waals surface area contributed by atoms with Gasteiger partial charge in [-0.1, -0.05) is 34.8 Å². The standard InChI is InChI=1S/C18H14Cl3NO6/c1-26-11-4-2-10(3-5-11)18(25)22-16(23)8-28-17(24)9-27-15-7-13(20)12(19)6-14(15)21/h2-7H,8-9H2,1H3,(H,22,23,25). The molecule has 0 fully saturated rings. The maximum atomic E-state index is 11.9. The third kappa shape index (κ3) is 6.30. The van der Waals surface area contributed by atoms with Gasteiger partial charge in [-0.15, -0.1) is 0 Å². The van der Waals surface area contributed by atoms with E-state index in [4.69, 9.17) is 49.0 Å². The summed E-state index contributed by atoms with van der Waals surface area (Å²) in [5, 5.41) is 2.69. The molecule has 148 valence electrons. The van der Waals surface area contributed by atoms with Gasteiger partial charge in [0.05, 0.1) is 22.2 Å². The molecule has 7 nitrogen and oxygen atoms in total. The van der Waals surface area contributed by atoms with Crippen LogP contribution in [0.25, 0.3) is 0 Å². The number of nitrogens with one attached hydrogen (secondary N) is 1. The van der Waals surface area contributed by atoms with Gasteiger partial charge >= 0.3 is 5.97 Å². The lowest BCUT2D eigenvalue weighted by Gasteiger charge is -2.09. The normalized spacial score (nSPS) is 10.1.